The third-order valence-corrected chi connectivity index (χ3v) is 1.94. The topological polar surface area (TPSA) is 96.0 Å². The van der Waals surface area contributed by atoms with E-state index in [1.54, 1.807) is 19.2 Å². The Morgan fingerprint density at radius 2 is 1.88 bits per heavy atom. The number of nitrogens with zero attached hydrogens (tertiary/aromatic N) is 2. The van der Waals surface area contributed by atoms with Crippen LogP contribution in [0.4, 0.5) is 5.82 Å². The molecule has 17 heavy (non-hydrogen) atoms. The molecule has 1 aromatic heterocycles. The number of aromatic nitrogens is 2. The minimum atomic E-state index is -0.314. The van der Waals surface area contributed by atoms with Crippen LogP contribution in [0.5, 0.6) is 0 Å². The zero-order chi connectivity index (χ0) is 12.7. The molecule has 7 heteroatoms. The van der Waals surface area contributed by atoms with Crippen molar-refractivity contribution in [2.75, 3.05) is 25.5 Å². The molecule has 0 saturated carbocycles. The van der Waals surface area contributed by atoms with Gasteiger partial charge in [0.2, 0.25) is 5.91 Å². The predicted octanol–water partition coefficient (Wildman–Crippen LogP) is -0.616. The summed E-state index contributed by atoms with van der Waals surface area (Å²) >= 11 is 0. The Labute approximate surface area is 99.0 Å². The summed E-state index contributed by atoms with van der Waals surface area (Å²) in [5.41, 5.74) is 0.242. The summed E-state index contributed by atoms with van der Waals surface area (Å²) in [4.78, 5) is 22.1. The number of carbonyl (C=O) groups excluding carboxylic acids is 2. The van der Waals surface area contributed by atoms with Crippen LogP contribution in [0, 0.1) is 0 Å². The smallest absolute Gasteiger partial charge is 0.271 e. The lowest BCUT2D eigenvalue weighted by molar-refractivity contribution is -0.118. The Hall–Kier alpha value is -2.18. The van der Waals surface area contributed by atoms with Crippen molar-refractivity contribution in [3.63, 3.8) is 0 Å². The van der Waals surface area contributed by atoms with Gasteiger partial charge in [0.15, 0.2) is 5.69 Å². The van der Waals surface area contributed by atoms with Gasteiger partial charge in [0.05, 0.1) is 0 Å². The van der Waals surface area contributed by atoms with Gasteiger partial charge < -0.3 is 16.0 Å². The summed E-state index contributed by atoms with van der Waals surface area (Å²) in [6.45, 7) is 2.17. The maximum absolute atomic E-state index is 11.5. The molecule has 0 fully saturated rings. The number of rotatable bonds is 5. The summed E-state index contributed by atoms with van der Waals surface area (Å²) in [6.07, 6.45) is 0. The number of hydrogen-bond acceptors (Lipinski definition) is 5. The Morgan fingerprint density at radius 3 is 2.41 bits per heavy atom. The molecule has 1 rings (SSSR count). The third kappa shape index (κ3) is 4.45. The Bertz CT molecular complexity index is 390. The first-order chi connectivity index (χ1) is 8.13. The molecule has 0 saturated heterocycles. The maximum Gasteiger partial charge on any atom is 0.271 e. The monoisotopic (exact) mass is 237 g/mol. The number of anilines is 1. The molecule has 7 nitrogen and oxygen atoms in total. The molecule has 0 atom stereocenters. The van der Waals surface area contributed by atoms with Crippen LogP contribution in [0.15, 0.2) is 12.1 Å². The van der Waals surface area contributed by atoms with E-state index in [0.29, 0.717) is 18.9 Å². The van der Waals surface area contributed by atoms with E-state index in [-0.39, 0.29) is 17.5 Å². The normalized spacial score (nSPS) is 9.53. The lowest BCUT2D eigenvalue weighted by Crippen LogP contribution is -2.34. The molecule has 1 aromatic rings. The van der Waals surface area contributed by atoms with Crippen LogP contribution in [0.2, 0.25) is 0 Å². The van der Waals surface area contributed by atoms with Crippen LogP contribution in [-0.4, -0.2) is 42.1 Å². The molecule has 3 N–H and O–H groups in total. The van der Waals surface area contributed by atoms with E-state index in [1.165, 1.54) is 6.92 Å². The van der Waals surface area contributed by atoms with Gasteiger partial charge in [-0.1, -0.05) is 0 Å². The molecule has 92 valence electrons. The summed E-state index contributed by atoms with van der Waals surface area (Å²) in [7, 11) is 1.72. The first kappa shape index (κ1) is 12.9. The van der Waals surface area contributed by atoms with Gasteiger partial charge in [-0.2, -0.15) is 0 Å². The van der Waals surface area contributed by atoms with E-state index in [1.807, 2.05) is 0 Å². The van der Waals surface area contributed by atoms with Crippen molar-refractivity contribution >= 4 is 17.6 Å². The number of nitrogens with one attached hydrogen (secondary N) is 3. The van der Waals surface area contributed by atoms with Crippen LogP contribution < -0.4 is 16.0 Å². The van der Waals surface area contributed by atoms with E-state index in [0.717, 1.165) is 0 Å². The molecule has 0 unspecified atom stereocenters. The molecule has 0 aromatic carbocycles. The summed E-state index contributed by atoms with van der Waals surface area (Å²) in [5, 5.41) is 15.5. The molecule has 0 aliphatic rings. The van der Waals surface area contributed by atoms with Crippen LogP contribution in [0.25, 0.3) is 0 Å². The second-order valence-corrected chi connectivity index (χ2v) is 3.29. The third-order valence-electron chi connectivity index (χ3n) is 1.94. The highest BCUT2D eigenvalue weighted by molar-refractivity contribution is 5.92. The molecule has 0 bridgehead atoms. The summed E-state index contributed by atoms with van der Waals surface area (Å²) in [5.74, 6) is 0.155. The second kappa shape index (κ2) is 6.41. The lowest BCUT2D eigenvalue weighted by Gasteiger charge is -2.05. The fourth-order valence-corrected chi connectivity index (χ4v) is 1.09. The highest BCUT2D eigenvalue weighted by Crippen LogP contribution is 1.99. The van der Waals surface area contributed by atoms with Gasteiger partial charge in [-0.05, 0) is 12.1 Å². The fourth-order valence-electron chi connectivity index (χ4n) is 1.09. The molecule has 2 amide bonds. The molecule has 1 heterocycles. The van der Waals surface area contributed by atoms with Crippen LogP contribution in [0.3, 0.4) is 0 Å². The fraction of sp³-hybridized carbons (Fsp3) is 0.400. The first-order valence-corrected chi connectivity index (χ1v) is 5.17. The van der Waals surface area contributed by atoms with Crippen molar-refractivity contribution in [2.24, 2.45) is 0 Å². The minimum Gasteiger partial charge on any atom is -0.372 e. The minimum absolute atomic E-state index is 0.127. The molecule has 0 aliphatic heterocycles. The molecular formula is C10H15N5O2. The van der Waals surface area contributed by atoms with Crippen LogP contribution in [0.1, 0.15) is 17.4 Å². The standard InChI is InChI=1S/C10H15N5O2/c1-7(16)12-5-6-13-10(17)8-3-4-9(11-2)15-14-8/h3-4H,5-6H2,1-2H3,(H,11,15)(H,12,16)(H,13,17). The van der Waals surface area contributed by atoms with Gasteiger partial charge in [0.25, 0.3) is 5.91 Å². The number of carbonyl (C=O) groups is 2. The predicted molar refractivity (Wildman–Crippen MR) is 62.6 cm³/mol. The molecule has 0 aliphatic carbocycles. The van der Waals surface area contributed by atoms with Gasteiger partial charge >= 0.3 is 0 Å². The zero-order valence-corrected chi connectivity index (χ0v) is 9.78. The average Bonchev–Trinajstić information content (AvgIpc) is 2.34. The Kier molecular flexibility index (Phi) is 4.86. The van der Waals surface area contributed by atoms with Crippen molar-refractivity contribution in [3.05, 3.63) is 17.8 Å². The van der Waals surface area contributed by atoms with Gasteiger partial charge in [-0.25, -0.2) is 0 Å². The zero-order valence-electron chi connectivity index (χ0n) is 9.78. The van der Waals surface area contributed by atoms with E-state index in [2.05, 4.69) is 26.1 Å². The van der Waals surface area contributed by atoms with Gasteiger partial charge in [0.1, 0.15) is 5.82 Å². The Morgan fingerprint density at radius 1 is 1.18 bits per heavy atom. The Balaban J connectivity index is 2.38. The first-order valence-electron chi connectivity index (χ1n) is 5.17. The summed E-state index contributed by atoms with van der Waals surface area (Å²) < 4.78 is 0. The van der Waals surface area contributed by atoms with Gasteiger partial charge in [-0.15, -0.1) is 10.2 Å². The number of amides is 2. The molecular weight excluding hydrogens is 222 g/mol. The highest BCUT2D eigenvalue weighted by atomic mass is 16.2. The maximum atomic E-state index is 11.5. The van der Waals surface area contributed by atoms with Crippen LogP contribution >= 0.6 is 0 Å². The largest absolute Gasteiger partial charge is 0.372 e. The van der Waals surface area contributed by atoms with Crippen molar-refractivity contribution in [2.45, 2.75) is 6.92 Å². The number of hydrogen-bond donors (Lipinski definition) is 3. The molecule has 0 radical (unpaired) electrons. The van der Waals surface area contributed by atoms with Crippen LogP contribution in [-0.2, 0) is 4.79 Å². The second-order valence-electron chi connectivity index (χ2n) is 3.29. The average molecular weight is 237 g/mol. The quantitative estimate of drug-likeness (QED) is 0.593. The SMILES string of the molecule is CNc1ccc(C(=O)NCCNC(C)=O)nn1. The van der Waals surface area contributed by atoms with E-state index < -0.39 is 0 Å². The lowest BCUT2D eigenvalue weighted by atomic mass is 10.3. The van der Waals surface area contributed by atoms with Crippen molar-refractivity contribution in [1.29, 1.82) is 0 Å². The van der Waals surface area contributed by atoms with Crippen molar-refractivity contribution in [3.8, 4) is 0 Å². The summed E-state index contributed by atoms with van der Waals surface area (Å²) in [6, 6.07) is 3.24. The van der Waals surface area contributed by atoms with E-state index >= 15 is 0 Å². The van der Waals surface area contributed by atoms with Gasteiger partial charge in [-0.3, -0.25) is 9.59 Å². The highest BCUT2D eigenvalue weighted by Gasteiger charge is 2.06. The van der Waals surface area contributed by atoms with E-state index in [9.17, 15) is 9.59 Å². The van der Waals surface area contributed by atoms with Crippen molar-refractivity contribution < 1.29 is 9.59 Å². The van der Waals surface area contributed by atoms with Crippen molar-refractivity contribution in [1.82, 2.24) is 20.8 Å². The van der Waals surface area contributed by atoms with E-state index in [4.69, 9.17) is 0 Å². The van der Waals surface area contributed by atoms with Gasteiger partial charge in [0, 0.05) is 27.1 Å². The molecule has 0 spiro atoms.